The number of alkyl halides is 1. The first-order valence-corrected chi connectivity index (χ1v) is 6.25. The molecule has 0 aromatic rings. The maximum Gasteiger partial charge on any atom is 0.236 e. The van der Waals surface area contributed by atoms with Gasteiger partial charge in [-0.05, 0) is 19.8 Å². The number of fused-ring (bicyclic) bond motifs is 1. The molecule has 3 atom stereocenters. The van der Waals surface area contributed by atoms with Crippen molar-refractivity contribution in [2.24, 2.45) is 5.92 Å². The molecule has 4 nitrogen and oxygen atoms in total. The summed E-state index contributed by atoms with van der Waals surface area (Å²) in [5.74, 6) is 0.231. The second-order valence-electron chi connectivity index (χ2n) is 4.21. The van der Waals surface area contributed by atoms with Crippen LogP contribution in [0.3, 0.4) is 0 Å². The van der Waals surface area contributed by atoms with Gasteiger partial charge in [0.15, 0.2) is 0 Å². The summed E-state index contributed by atoms with van der Waals surface area (Å²) in [6.45, 7) is 3.23. The fraction of sp³-hybridized carbons (Fsp3) is 0.800. The van der Waals surface area contributed by atoms with Crippen LogP contribution in [0.1, 0.15) is 19.8 Å². The zero-order valence-corrected chi connectivity index (χ0v) is 10.3. The number of hydrogen-bond acceptors (Lipinski definition) is 2. The summed E-state index contributed by atoms with van der Waals surface area (Å²) in [6.07, 6.45) is 1.84. The highest BCUT2D eigenvalue weighted by molar-refractivity contribution is 9.10. The van der Waals surface area contributed by atoms with E-state index in [1.807, 2.05) is 11.8 Å². The second-order valence-corrected chi connectivity index (χ2v) is 5.58. The number of nitrogens with one attached hydrogen (secondary N) is 1. The van der Waals surface area contributed by atoms with E-state index in [4.69, 9.17) is 0 Å². The van der Waals surface area contributed by atoms with Crippen molar-refractivity contribution in [1.29, 1.82) is 0 Å². The van der Waals surface area contributed by atoms with E-state index in [0.29, 0.717) is 6.54 Å². The van der Waals surface area contributed by atoms with Crippen LogP contribution in [0.15, 0.2) is 0 Å². The number of likely N-dealkylation sites (tertiary alicyclic amines) is 1. The summed E-state index contributed by atoms with van der Waals surface area (Å²) in [6, 6.07) is 0.0822. The Hall–Kier alpha value is -0.580. The summed E-state index contributed by atoms with van der Waals surface area (Å²) in [7, 11) is 0. The van der Waals surface area contributed by atoms with Gasteiger partial charge in [0.05, 0.1) is 16.8 Å². The van der Waals surface area contributed by atoms with E-state index < -0.39 is 0 Å². The monoisotopic (exact) mass is 274 g/mol. The van der Waals surface area contributed by atoms with Crippen LogP contribution in [0.5, 0.6) is 0 Å². The third kappa shape index (κ3) is 1.89. The fourth-order valence-electron chi connectivity index (χ4n) is 2.45. The molecule has 0 radical (unpaired) electrons. The van der Waals surface area contributed by atoms with Crippen molar-refractivity contribution >= 4 is 27.7 Å². The molecule has 2 saturated heterocycles. The van der Waals surface area contributed by atoms with Crippen molar-refractivity contribution in [1.82, 2.24) is 10.2 Å². The van der Waals surface area contributed by atoms with Crippen LogP contribution in [0.4, 0.5) is 0 Å². The Morgan fingerprint density at radius 1 is 1.67 bits per heavy atom. The van der Waals surface area contributed by atoms with E-state index in [2.05, 4.69) is 21.2 Å². The van der Waals surface area contributed by atoms with Gasteiger partial charge in [-0.2, -0.15) is 0 Å². The number of nitrogens with zero attached hydrogens (tertiary/aromatic N) is 1. The molecule has 0 aromatic heterocycles. The predicted molar refractivity (Wildman–Crippen MR) is 59.6 cm³/mol. The van der Waals surface area contributed by atoms with Gasteiger partial charge < -0.3 is 10.2 Å². The minimum Gasteiger partial charge on any atom is -0.354 e. The highest BCUT2D eigenvalue weighted by Crippen LogP contribution is 2.28. The number of halogens is 1. The average Bonchev–Trinajstić information content (AvgIpc) is 2.59. The lowest BCUT2D eigenvalue weighted by Crippen LogP contribution is -2.50. The molecule has 84 valence electrons. The van der Waals surface area contributed by atoms with Crippen molar-refractivity contribution in [2.45, 2.75) is 30.6 Å². The van der Waals surface area contributed by atoms with Crippen LogP contribution in [0.2, 0.25) is 0 Å². The van der Waals surface area contributed by atoms with E-state index in [1.54, 1.807) is 0 Å². The Morgan fingerprint density at radius 3 is 3.07 bits per heavy atom. The maximum atomic E-state index is 11.9. The SMILES string of the molecule is CC(Br)C(=O)N1CCCC2C(=O)NCC21. The Balaban J connectivity index is 2.13. The molecule has 5 heteroatoms. The summed E-state index contributed by atoms with van der Waals surface area (Å²) < 4.78 is 0. The lowest BCUT2D eigenvalue weighted by molar-refractivity contribution is -0.135. The average molecular weight is 275 g/mol. The van der Waals surface area contributed by atoms with Gasteiger partial charge >= 0.3 is 0 Å². The number of rotatable bonds is 1. The van der Waals surface area contributed by atoms with Crippen molar-refractivity contribution in [3.63, 3.8) is 0 Å². The van der Waals surface area contributed by atoms with Gasteiger partial charge in [0, 0.05) is 13.1 Å². The van der Waals surface area contributed by atoms with Crippen molar-refractivity contribution < 1.29 is 9.59 Å². The van der Waals surface area contributed by atoms with Crippen molar-refractivity contribution in [2.75, 3.05) is 13.1 Å². The minimum absolute atomic E-state index is 0.0222. The normalized spacial score (nSPS) is 32.1. The Kier molecular flexibility index (Phi) is 3.00. The van der Waals surface area contributed by atoms with Crippen LogP contribution in [0.25, 0.3) is 0 Å². The summed E-state index contributed by atoms with van der Waals surface area (Å²) >= 11 is 3.29. The molecule has 0 saturated carbocycles. The molecule has 0 spiro atoms. The summed E-state index contributed by atoms with van der Waals surface area (Å²) in [5, 5.41) is 2.84. The van der Waals surface area contributed by atoms with Gasteiger partial charge in [-0.25, -0.2) is 0 Å². The van der Waals surface area contributed by atoms with Crippen LogP contribution < -0.4 is 5.32 Å². The molecule has 15 heavy (non-hydrogen) atoms. The zero-order valence-electron chi connectivity index (χ0n) is 8.70. The second kappa shape index (κ2) is 4.12. The van der Waals surface area contributed by atoms with E-state index in [9.17, 15) is 9.59 Å². The van der Waals surface area contributed by atoms with Gasteiger partial charge in [0.1, 0.15) is 0 Å². The van der Waals surface area contributed by atoms with E-state index in [1.165, 1.54) is 0 Å². The Morgan fingerprint density at radius 2 is 2.40 bits per heavy atom. The molecule has 2 rings (SSSR count). The number of hydrogen-bond donors (Lipinski definition) is 1. The first-order chi connectivity index (χ1) is 7.11. The molecule has 0 aromatic carbocycles. The van der Waals surface area contributed by atoms with E-state index >= 15 is 0 Å². The Labute approximate surface area is 97.5 Å². The molecule has 2 fully saturated rings. The van der Waals surface area contributed by atoms with Gasteiger partial charge in [-0.3, -0.25) is 9.59 Å². The first-order valence-electron chi connectivity index (χ1n) is 5.33. The Bertz CT molecular complexity index is 293. The number of carbonyl (C=O) groups is 2. The minimum atomic E-state index is -0.160. The van der Waals surface area contributed by atoms with Gasteiger partial charge in [-0.1, -0.05) is 15.9 Å². The molecule has 2 heterocycles. The van der Waals surface area contributed by atoms with Crippen LogP contribution in [-0.4, -0.2) is 40.7 Å². The van der Waals surface area contributed by atoms with Crippen LogP contribution >= 0.6 is 15.9 Å². The lowest BCUT2D eigenvalue weighted by atomic mass is 9.91. The third-order valence-corrected chi connectivity index (χ3v) is 3.62. The molecule has 2 amide bonds. The molecule has 2 aliphatic rings. The largest absolute Gasteiger partial charge is 0.354 e. The highest BCUT2D eigenvalue weighted by Gasteiger charge is 2.42. The number of piperidine rings is 1. The van der Waals surface area contributed by atoms with Crippen LogP contribution in [0, 0.1) is 5.92 Å². The first kappa shape index (κ1) is 10.9. The van der Waals surface area contributed by atoms with Gasteiger partial charge in [0.25, 0.3) is 0 Å². The lowest BCUT2D eigenvalue weighted by Gasteiger charge is -2.36. The number of carbonyl (C=O) groups excluding carboxylic acids is 2. The molecule has 0 aliphatic carbocycles. The zero-order chi connectivity index (χ0) is 11.0. The smallest absolute Gasteiger partial charge is 0.236 e. The molecular weight excluding hydrogens is 260 g/mol. The van der Waals surface area contributed by atoms with Crippen LogP contribution in [-0.2, 0) is 9.59 Å². The standard InChI is InChI=1S/C10H15BrN2O2/c1-6(11)10(15)13-4-2-3-7-8(13)5-12-9(7)14/h6-8H,2-5H2,1H3,(H,12,14). The molecule has 1 N–H and O–H groups in total. The maximum absolute atomic E-state index is 11.9. The molecule has 0 bridgehead atoms. The molecular formula is C10H15BrN2O2. The highest BCUT2D eigenvalue weighted by atomic mass is 79.9. The predicted octanol–water partition coefficient (Wildman–Crippen LogP) is 0.507. The van der Waals surface area contributed by atoms with Crippen molar-refractivity contribution in [3.8, 4) is 0 Å². The third-order valence-electron chi connectivity index (χ3n) is 3.22. The fourth-order valence-corrected chi connectivity index (χ4v) is 2.72. The van der Waals surface area contributed by atoms with E-state index in [-0.39, 0.29) is 28.6 Å². The molecule has 3 unspecified atom stereocenters. The topological polar surface area (TPSA) is 49.4 Å². The summed E-state index contributed by atoms with van der Waals surface area (Å²) in [5.41, 5.74) is 0. The molecule has 2 aliphatic heterocycles. The van der Waals surface area contributed by atoms with E-state index in [0.717, 1.165) is 19.4 Å². The quantitative estimate of drug-likeness (QED) is 0.709. The number of amides is 2. The van der Waals surface area contributed by atoms with Gasteiger partial charge in [-0.15, -0.1) is 0 Å². The van der Waals surface area contributed by atoms with Crippen molar-refractivity contribution in [3.05, 3.63) is 0 Å². The summed E-state index contributed by atoms with van der Waals surface area (Å²) in [4.78, 5) is 25.1. The van der Waals surface area contributed by atoms with Gasteiger partial charge in [0.2, 0.25) is 11.8 Å².